The van der Waals surface area contributed by atoms with Crippen molar-refractivity contribution in [1.82, 2.24) is 0 Å². The summed E-state index contributed by atoms with van der Waals surface area (Å²) in [4.78, 5) is 10.9. The van der Waals surface area contributed by atoms with E-state index in [2.05, 4.69) is 10.2 Å². The van der Waals surface area contributed by atoms with Crippen LogP contribution >= 0.6 is 11.6 Å². The minimum absolute atomic E-state index is 0. The molecule has 1 N–H and O–H groups in total. The second-order valence-electron chi connectivity index (χ2n) is 5.80. The summed E-state index contributed by atoms with van der Waals surface area (Å²) in [5.74, 6) is -2.22. The van der Waals surface area contributed by atoms with E-state index in [1.165, 1.54) is 19.1 Å². The van der Waals surface area contributed by atoms with Crippen LogP contribution in [-0.4, -0.2) is 61.8 Å². The third-order valence-corrected chi connectivity index (χ3v) is 5.51. The largest absolute Gasteiger partial charge is 2.00 e. The van der Waals surface area contributed by atoms with Gasteiger partial charge in [-0.3, -0.25) is 0 Å². The molecular formula is C18H11CaClN2O6S. The molecule has 3 aromatic carbocycles. The fourth-order valence-corrected chi connectivity index (χ4v) is 3.64. The normalized spacial score (nSPS) is 11.6. The standard InChI is InChI=1S/C18H13ClN2O6S.Ca/c1-9-14(28(25,26)27)7-6-13(15(9)19)20-21-16-11-5-3-2-4-10(11)8-12(17(16)22)18(23)24;/h2-8,22H,1H3,(H,23,24)(H,25,26,27);/q;+2/p-2. The van der Waals surface area contributed by atoms with Crippen LogP contribution in [0.2, 0.25) is 5.02 Å². The number of hydrogen-bond acceptors (Lipinski definition) is 7. The number of carboxylic acid groups (broad SMARTS) is 1. The zero-order valence-corrected chi connectivity index (χ0v) is 18.7. The molecule has 0 radical (unpaired) electrons. The molecule has 0 aromatic heterocycles. The molecule has 0 amide bonds. The number of hydrogen-bond donors (Lipinski definition) is 1. The fourth-order valence-electron chi connectivity index (χ4n) is 2.67. The Morgan fingerprint density at radius 1 is 1.14 bits per heavy atom. The molecule has 0 saturated heterocycles. The fraction of sp³-hybridized carbons (Fsp3) is 0.0556. The van der Waals surface area contributed by atoms with Gasteiger partial charge in [0.05, 0.1) is 21.2 Å². The Labute approximate surface area is 200 Å². The first-order valence-corrected chi connectivity index (χ1v) is 9.52. The van der Waals surface area contributed by atoms with Gasteiger partial charge in [0, 0.05) is 5.39 Å². The third kappa shape index (κ3) is 4.71. The van der Waals surface area contributed by atoms with Gasteiger partial charge in [-0.1, -0.05) is 41.6 Å². The van der Waals surface area contributed by atoms with Crippen LogP contribution in [0.1, 0.15) is 15.9 Å². The van der Waals surface area contributed by atoms with Crippen LogP contribution in [0.25, 0.3) is 10.8 Å². The van der Waals surface area contributed by atoms with Gasteiger partial charge in [0.25, 0.3) is 0 Å². The zero-order valence-electron chi connectivity index (χ0n) is 14.9. The van der Waals surface area contributed by atoms with Crippen molar-refractivity contribution in [3.05, 3.63) is 58.6 Å². The van der Waals surface area contributed by atoms with E-state index in [1.54, 1.807) is 24.3 Å². The summed E-state index contributed by atoms with van der Waals surface area (Å²) in [6, 6.07) is 10.0. The maximum atomic E-state index is 12.5. The monoisotopic (exact) mass is 458 g/mol. The molecule has 0 aliphatic heterocycles. The molecule has 8 nitrogen and oxygen atoms in total. The molecule has 3 aromatic rings. The van der Waals surface area contributed by atoms with E-state index >= 15 is 0 Å². The van der Waals surface area contributed by atoms with Gasteiger partial charge < -0.3 is 14.8 Å². The van der Waals surface area contributed by atoms with Crippen molar-refractivity contribution < 1.29 is 28.0 Å². The number of nitrogens with zero attached hydrogens (tertiary/aromatic N) is 2. The van der Waals surface area contributed by atoms with E-state index in [-0.39, 0.29) is 59.7 Å². The predicted octanol–water partition coefficient (Wildman–Crippen LogP) is 3.51. The summed E-state index contributed by atoms with van der Waals surface area (Å²) in [5.41, 5.74) is -0.622. The van der Waals surface area contributed by atoms with E-state index in [0.29, 0.717) is 10.8 Å². The van der Waals surface area contributed by atoms with Crippen LogP contribution in [-0.2, 0) is 10.1 Å². The van der Waals surface area contributed by atoms with Gasteiger partial charge in [-0.25, -0.2) is 13.2 Å². The smallest absolute Gasteiger partial charge is 0.870 e. The Kier molecular flexibility index (Phi) is 7.26. The second kappa shape index (κ2) is 8.95. The first-order chi connectivity index (χ1) is 13.1. The van der Waals surface area contributed by atoms with Gasteiger partial charge in [-0.05, 0) is 36.1 Å². The van der Waals surface area contributed by atoms with Gasteiger partial charge in [0.2, 0.25) is 0 Å². The van der Waals surface area contributed by atoms with Crippen LogP contribution in [0.15, 0.2) is 57.6 Å². The summed E-state index contributed by atoms with van der Waals surface area (Å²) in [6.45, 7) is 1.34. The average molecular weight is 459 g/mol. The minimum atomic E-state index is -4.71. The molecule has 0 unspecified atom stereocenters. The van der Waals surface area contributed by atoms with Gasteiger partial charge >= 0.3 is 43.7 Å². The number of carbonyl (C=O) groups is 1. The van der Waals surface area contributed by atoms with E-state index in [4.69, 9.17) is 11.6 Å². The molecule has 0 saturated carbocycles. The van der Waals surface area contributed by atoms with E-state index in [9.17, 15) is 28.0 Å². The first kappa shape index (κ1) is 23.5. The number of rotatable bonds is 4. The van der Waals surface area contributed by atoms with Crippen molar-refractivity contribution in [3.63, 3.8) is 0 Å². The van der Waals surface area contributed by atoms with Crippen LogP contribution < -0.4 is 5.11 Å². The average Bonchev–Trinajstić information content (AvgIpc) is 2.62. The van der Waals surface area contributed by atoms with Crippen molar-refractivity contribution in [2.45, 2.75) is 11.8 Å². The number of aromatic carboxylic acids is 1. The van der Waals surface area contributed by atoms with Crippen molar-refractivity contribution in [2.24, 2.45) is 10.2 Å². The number of azo groups is 1. The summed E-state index contributed by atoms with van der Waals surface area (Å²) in [6.07, 6.45) is 0. The van der Waals surface area contributed by atoms with Crippen molar-refractivity contribution in [3.8, 4) is 5.75 Å². The van der Waals surface area contributed by atoms with Crippen molar-refractivity contribution in [2.75, 3.05) is 0 Å². The number of halogens is 1. The Balaban J connectivity index is 0.00000300. The summed E-state index contributed by atoms with van der Waals surface area (Å²) >= 11 is 6.08. The Morgan fingerprint density at radius 3 is 2.41 bits per heavy atom. The van der Waals surface area contributed by atoms with Gasteiger partial charge in [-0.2, -0.15) is 5.11 Å². The molecule has 0 bridgehead atoms. The third-order valence-electron chi connectivity index (χ3n) is 4.05. The molecule has 0 heterocycles. The van der Waals surface area contributed by atoms with E-state index in [0.717, 1.165) is 6.07 Å². The van der Waals surface area contributed by atoms with Crippen LogP contribution in [0.4, 0.5) is 11.4 Å². The molecule has 144 valence electrons. The number of fused-ring (bicyclic) bond motifs is 1. The first-order valence-electron chi connectivity index (χ1n) is 7.74. The quantitative estimate of drug-likeness (QED) is 0.360. The topological polar surface area (TPSA) is 142 Å². The van der Waals surface area contributed by atoms with Crippen LogP contribution in [0, 0.1) is 6.92 Å². The number of carboxylic acids is 1. The summed E-state index contributed by atoms with van der Waals surface area (Å²) in [5, 5.41) is 30.3. The molecule has 0 spiro atoms. The van der Waals surface area contributed by atoms with Crippen LogP contribution in [0.3, 0.4) is 0 Å². The predicted molar refractivity (Wildman–Crippen MR) is 104 cm³/mol. The summed E-state index contributed by atoms with van der Waals surface area (Å²) < 4.78 is 33.7. The van der Waals surface area contributed by atoms with Crippen LogP contribution in [0.5, 0.6) is 5.75 Å². The Morgan fingerprint density at radius 2 is 1.79 bits per heavy atom. The SMILES string of the molecule is Cc1c(S(=O)(=O)[O-])ccc(N=Nc2c([O-])c(C(=O)O)cc3ccccc23)c1Cl.[Ca+2]. The minimum Gasteiger partial charge on any atom is -0.870 e. The molecule has 3 rings (SSSR count). The van der Waals surface area contributed by atoms with E-state index in [1.807, 2.05) is 0 Å². The van der Waals surface area contributed by atoms with Gasteiger partial charge in [0.15, 0.2) is 0 Å². The molecule has 0 fully saturated rings. The second-order valence-corrected chi connectivity index (χ2v) is 7.53. The molecular weight excluding hydrogens is 448 g/mol. The van der Waals surface area contributed by atoms with E-state index < -0.39 is 32.3 Å². The maximum absolute atomic E-state index is 12.5. The maximum Gasteiger partial charge on any atom is 2.00 e. The molecule has 0 aliphatic rings. The zero-order chi connectivity index (χ0) is 20.6. The van der Waals surface area contributed by atoms with Gasteiger partial charge in [-0.15, -0.1) is 5.11 Å². The molecule has 29 heavy (non-hydrogen) atoms. The van der Waals surface area contributed by atoms with Crippen molar-refractivity contribution >= 4 is 87.6 Å². The summed E-state index contributed by atoms with van der Waals surface area (Å²) in [7, 11) is -4.71. The number of benzene rings is 3. The van der Waals surface area contributed by atoms with Gasteiger partial charge in [0.1, 0.15) is 15.8 Å². The molecule has 0 aliphatic carbocycles. The van der Waals surface area contributed by atoms with Crippen molar-refractivity contribution in [1.29, 1.82) is 0 Å². The Hall–Kier alpha value is -1.75. The molecule has 11 heteroatoms. The Bertz CT molecular complexity index is 1260. The molecule has 0 atom stereocenters.